The normalized spacial score (nSPS) is 15.4. The lowest BCUT2D eigenvalue weighted by atomic mass is 10.3. The van der Waals surface area contributed by atoms with Gasteiger partial charge in [0.1, 0.15) is 23.8 Å². The van der Waals surface area contributed by atoms with Crippen molar-refractivity contribution in [3.05, 3.63) is 54.1 Å². The monoisotopic (exact) mass is 341 g/mol. The van der Waals surface area contributed by atoms with E-state index in [1.54, 1.807) is 43.5 Å². The summed E-state index contributed by atoms with van der Waals surface area (Å²) < 4.78 is 10.1. The molecule has 8 heteroatoms. The lowest BCUT2D eigenvalue weighted by Crippen LogP contribution is -2.38. The van der Waals surface area contributed by atoms with Crippen molar-refractivity contribution in [2.45, 2.75) is 0 Å². The summed E-state index contributed by atoms with van der Waals surface area (Å²) in [4.78, 5) is 37.1. The van der Waals surface area contributed by atoms with E-state index >= 15 is 0 Å². The maximum Gasteiger partial charge on any atom is 0.329 e. The fourth-order valence-corrected chi connectivity index (χ4v) is 2.25. The maximum absolute atomic E-state index is 12.2. The summed E-state index contributed by atoms with van der Waals surface area (Å²) >= 11 is 0. The molecule has 0 bridgehead atoms. The molecule has 2 aromatic rings. The SMILES string of the molecule is COc1ccc(NC(=O)CN2C(=O)NC(=Cc3ccco3)C2=O)cc1. The molecule has 1 aliphatic heterocycles. The summed E-state index contributed by atoms with van der Waals surface area (Å²) in [7, 11) is 1.54. The summed E-state index contributed by atoms with van der Waals surface area (Å²) in [5.74, 6) is -0.00724. The van der Waals surface area contributed by atoms with Gasteiger partial charge in [0.2, 0.25) is 5.91 Å². The molecule has 25 heavy (non-hydrogen) atoms. The molecule has 3 rings (SSSR count). The van der Waals surface area contributed by atoms with Crippen LogP contribution in [-0.4, -0.2) is 36.4 Å². The Balaban J connectivity index is 1.64. The number of ether oxygens (including phenoxy) is 1. The molecule has 0 radical (unpaired) electrons. The van der Waals surface area contributed by atoms with Crippen LogP contribution in [-0.2, 0) is 9.59 Å². The third-order valence-electron chi connectivity index (χ3n) is 3.47. The number of hydrogen-bond acceptors (Lipinski definition) is 5. The van der Waals surface area contributed by atoms with E-state index in [0.717, 1.165) is 4.90 Å². The molecule has 2 heterocycles. The van der Waals surface area contributed by atoms with Crippen molar-refractivity contribution in [2.24, 2.45) is 0 Å². The van der Waals surface area contributed by atoms with Gasteiger partial charge in [-0.05, 0) is 36.4 Å². The van der Waals surface area contributed by atoms with E-state index in [1.165, 1.54) is 12.3 Å². The summed E-state index contributed by atoms with van der Waals surface area (Å²) in [6.45, 7) is -0.397. The van der Waals surface area contributed by atoms with Crippen LogP contribution in [0.15, 0.2) is 52.8 Å². The second-order valence-corrected chi connectivity index (χ2v) is 5.17. The molecule has 1 aromatic heterocycles. The number of nitrogens with one attached hydrogen (secondary N) is 2. The Morgan fingerprint density at radius 1 is 1.28 bits per heavy atom. The highest BCUT2D eigenvalue weighted by atomic mass is 16.5. The van der Waals surface area contributed by atoms with Gasteiger partial charge in [-0.15, -0.1) is 0 Å². The highest BCUT2D eigenvalue weighted by Gasteiger charge is 2.35. The van der Waals surface area contributed by atoms with Crippen LogP contribution < -0.4 is 15.4 Å². The van der Waals surface area contributed by atoms with Crippen LogP contribution in [0.5, 0.6) is 5.75 Å². The van der Waals surface area contributed by atoms with Gasteiger partial charge in [0.15, 0.2) is 0 Å². The highest BCUT2D eigenvalue weighted by Crippen LogP contribution is 2.16. The van der Waals surface area contributed by atoms with E-state index in [-0.39, 0.29) is 5.70 Å². The van der Waals surface area contributed by atoms with E-state index in [9.17, 15) is 14.4 Å². The molecule has 0 atom stereocenters. The number of furan rings is 1. The number of carbonyl (C=O) groups is 3. The first-order valence-corrected chi connectivity index (χ1v) is 7.39. The highest BCUT2D eigenvalue weighted by molar-refractivity contribution is 6.15. The molecule has 2 N–H and O–H groups in total. The average molecular weight is 341 g/mol. The molecule has 128 valence electrons. The molecule has 0 aliphatic carbocycles. The molecule has 1 aliphatic rings. The number of urea groups is 1. The molecule has 1 fully saturated rings. The van der Waals surface area contributed by atoms with Crippen LogP contribution in [0.25, 0.3) is 6.08 Å². The number of amides is 4. The van der Waals surface area contributed by atoms with Crippen LogP contribution >= 0.6 is 0 Å². The van der Waals surface area contributed by atoms with Gasteiger partial charge in [0.25, 0.3) is 5.91 Å². The summed E-state index contributed by atoms with van der Waals surface area (Å²) in [5, 5.41) is 5.03. The minimum atomic E-state index is -0.660. The van der Waals surface area contributed by atoms with Gasteiger partial charge in [0, 0.05) is 11.8 Å². The standard InChI is InChI=1S/C17H15N3O5/c1-24-12-6-4-11(5-7-12)18-15(21)10-20-16(22)14(19-17(20)23)9-13-3-2-8-25-13/h2-9H,10H2,1H3,(H,18,21)(H,19,23). The predicted octanol–water partition coefficient (Wildman–Crippen LogP) is 1.82. The first kappa shape index (κ1) is 16.3. The molecular weight excluding hydrogens is 326 g/mol. The minimum absolute atomic E-state index is 0.0530. The molecule has 0 spiro atoms. The smallest absolute Gasteiger partial charge is 0.329 e. The summed E-state index contributed by atoms with van der Waals surface area (Å²) in [6.07, 6.45) is 2.86. The van der Waals surface area contributed by atoms with E-state index in [0.29, 0.717) is 17.2 Å². The number of benzene rings is 1. The van der Waals surface area contributed by atoms with Crippen molar-refractivity contribution in [1.82, 2.24) is 10.2 Å². The summed E-state index contributed by atoms with van der Waals surface area (Å²) in [5.41, 5.74) is 0.585. The van der Waals surface area contributed by atoms with Gasteiger partial charge < -0.3 is 19.8 Å². The Morgan fingerprint density at radius 3 is 2.68 bits per heavy atom. The summed E-state index contributed by atoms with van der Waals surface area (Å²) in [6, 6.07) is 9.34. The third kappa shape index (κ3) is 3.69. The van der Waals surface area contributed by atoms with Gasteiger partial charge in [-0.2, -0.15) is 0 Å². The Hall–Kier alpha value is -3.55. The Morgan fingerprint density at radius 2 is 2.04 bits per heavy atom. The van der Waals surface area contributed by atoms with Crippen LogP contribution in [0.1, 0.15) is 5.76 Å². The van der Waals surface area contributed by atoms with Crippen LogP contribution in [0.3, 0.4) is 0 Å². The van der Waals surface area contributed by atoms with Gasteiger partial charge in [-0.25, -0.2) is 9.69 Å². The van der Waals surface area contributed by atoms with Crippen molar-refractivity contribution in [3.63, 3.8) is 0 Å². The zero-order valence-corrected chi connectivity index (χ0v) is 13.3. The van der Waals surface area contributed by atoms with Crippen molar-refractivity contribution in [2.75, 3.05) is 19.0 Å². The Kier molecular flexibility index (Phi) is 4.51. The van der Waals surface area contributed by atoms with Crippen molar-refractivity contribution in [1.29, 1.82) is 0 Å². The van der Waals surface area contributed by atoms with Gasteiger partial charge >= 0.3 is 6.03 Å². The number of nitrogens with zero attached hydrogens (tertiary/aromatic N) is 1. The fourth-order valence-electron chi connectivity index (χ4n) is 2.25. The molecule has 4 amide bonds. The fraction of sp³-hybridized carbons (Fsp3) is 0.118. The van der Waals surface area contributed by atoms with E-state index in [2.05, 4.69) is 10.6 Å². The van der Waals surface area contributed by atoms with Gasteiger partial charge in [-0.3, -0.25) is 9.59 Å². The minimum Gasteiger partial charge on any atom is -0.497 e. The molecule has 8 nitrogen and oxygen atoms in total. The largest absolute Gasteiger partial charge is 0.497 e. The molecule has 1 saturated heterocycles. The maximum atomic E-state index is 12.2. The van der Waals surface area contributed by atoms with Crippen molar-refractivity contribution >= 4 is 29.6 Å². The second-order valence-electron chi connectivity index (χ2n) is 5.17. The average Bonchev–Trinajstić information content (AvgIpc) is 3.20. The Bertz CT molecular complexity index is 824. The first-order valence-electron chi connectivity index (χ1n) is 7.39. The second kappa shape index (κ2) is 6.91. The number of imide groups is 1. The molecule has 0 saturated carbocycles. The van der Waals surface area contributed by atoms with Crippen LogP contribution in [0.4, 0.5) is 10.5 Å². The van der Waals surface area contributed by atoms with Crippen molar-refractivity contribution < 1.29 is 23.5 Å². The molecule has 1 aromatic carbocycles. The van der Waals surface area contributed by atoms with Crippen LogP contribution in [0.2, 0.25) is 0 Å². The molecular formula is C17H15N3O5. The number of carbonyl (C=O) groups excluding carboxylic acids is 3. The van der Waals surface area contributed by atoms with E-state index < -0.39 is 24.4 Å². The van der Waals surface area contributed by atoms with E-state index in [1.807, 2.05) is 0 Å². The number of rotatable bonds is 5. The first-order chi connectivity index (χ1) is 12.1. The quantitative estimate of drug-likeness (QED) is 0.638. The lowest BCUT2D eigenvalue weighted by Gasteiger charge is -2.12. The zero-order chi connectivity index (χ0) is 17.8. The third-order valence-corrected chi connectivity index (χ3v) is 3.47. The van der Waals surface area contributed by atoms with Crippen LogP contribution in [0, 0.1) is 0 Å². The number of hydrogen-bond donors (Lipinski definition) is 2. The van der Waals surface area contributed by atoms with Gasteiger partial charge in [0.05, 0.1) is 13.4 Å². The predicted molar refractivity (Wildman–Crippen MR) is 88.6 cm³/mol. The lowest BCUT2D eigenvalue weighted by molar-refractivity contribution is -0.127. The van der Waals surface area contributed by atoms with Gasteiger partial charge in [-0.1, -0.05) is 0 Å². The zero-order valence-electron chi connectivity index (χ0n) is 13.3. The topological polar surface area (TPSA) is 101 Å². The number of methoxy groups -OCH3 is 1. The molecule has 0 unspecified atom stereocenters. The number of anilines is 1. The van der Waals surface area contributed by atoms with Crippen molar-refractivity contribution in [3.8, 4) is 5.75 Å². The van der Waals surface area contributed by atoms with E-state index in [4.69, 9.17) is 9.15 Å². The Labute approximate surface area is 143 Å².